The lowest BCUT2D eigenvalue weighted by Gasteiger charge is -2.21. The van der Waals surface area contributed by atoms with Crippen LogP contribution in [0.5, 0.6) is 0 Å². The van der Waals surface area contributed by atoms with Crippen LogP contribution in [0.4, 0.5) is 0 Å². The van der Waals surface area contributed by atoms with Crippen LogP contribution >= 0.6 is 0 Å². The minimum atomic E-state index is -0.420. The molecule has 2 heteroatoms. The SMILES string of the molecule is Cc1ccc([C@@H](O)CN(C)CCc2ccccc2)cc1. The number of likely N-dealkylation sites (N-methyl/N-ethyl adjacent to an activating group) is 1. The van der Waals surface area contributed by atoms with Gasteiger partial charge in [-0.15, -0.1) is 0 Å². The number of hydrogen-bond donors (Lipinski definition) is 1. The highest BCUT2D eigenvalue weighted by molar-refractivity contribution is 5.23. The largest absolute Gasteiger partial charge is 0.387 e. The predicted molar refractivity (Wildman–Crippen MR) is 83.8 cm³/mol. The quantitative estimate of drug-likeness (QED) is 0.870. The van der Waals surface area contributed by atoms with E-state index in [2.05, 4.69) is 43.1 Å². The number of hydrogen-bond acceptors (Lipinski definition) is 2. The van der Waals surface area contributed by atoms with Gasteiger partial charge in [0.05, 0.1) is 6.10 Å². The molecule has 0 saturated heterocycles. The highest BCUT2D eigenvalue weighted by Gasteiger charge is 2.10. The topological polar surface area (TPSA) is 23.5 Å². The summed E-state index contributed by atoms with van der Waals surface area (Å²) in [6, 6.07) is 18.6. The fraction of sp³-hybridized carbons (Fsp3) is 0.333. The first kappa shape index (κ1) is 14.8. The molecule has 2 aromatic carbocycles. The summed E-state index contributed by atoms with van der Waals surface area (Å²) in [5.41, 5.74) is 3.55. The number of nitrogens with zero attached hydrogens (tertiary/aromatic N) is 1. The molecule has 0 spiro atoms. The first-order valence-corrected chi connectivity index (χ1v) is 7.12. The van der Waals surface area contributed by atoms with Crippen LogP contribution in [-0.4, -0.2) is 30.1 Å². The molecule has 0 fully saturated rings. The second-order valence-electron chi connectivity index (χ2n) is 5.42. The minimum Gasteiger partial charge on any atom is -0.387 e. The van der Waals surface area contributed by atoms with E-state index in [1.807, 2.05) is 30.3 Å². The van der Waals surface area contributed by atoms with E-state index in [4.69, 9.17) is 0 Å². The van der Waals surface area contributed by atoms with Crippen LogP contribution in [0, 0.1) is 6.92 Å². The van der Waals surface area contributed by atoms with E-state index >= 15 is 0 Å². The first-order valence-electron chi connectivity index (χ1n) is 7.12. The molecule has 2 nitrogen and oxygen atoms in total. The minimum absolute atomic E-state index is 0.420. The van der Waals surface area contributed by atoms with Crippen molar-refractivity contribution in [3.8, 4) is 0 Å². The maximum atomic E-state index is 10.2. The van der Waals surface area contributed by atoms with Crippen molar-refractivity contribution in [2.75, 3.05) is 20.1 Å². The predicted octanol–water partition coefficient (Wildman–Crippen LogP) is 3.20. The van der Waals surface area contributed by atoms with Gasteiger partial charge in [-0.25, -0.2) is 0 Å². The van der Waals surface area contributed by atoms with Crippen LogP contribution in [-0.2, 0) is 6.42 Å². The summed E-state index contributed by atoms with van der Waals surface area (Å²) in [7, 11) is 2.06. The molecule has 2 aromatic rings. The van der Waals surface area contributed by atoms with E-state index in [0.29, 0.717) is 6.54 Å². The summed E-state index contributed by atoms with van der Waals surface area (Å²) in [5, 5.41) is 10.2. The van der Waals surface area contributed by atoms with Crippen molar-refractivity contribution < 1.29 is 5.11 Å². The Morgan fingerprint density at radius 2 is 1.65 bits per heavy atom. The number of aliphatic hydroxyl groups excluding tert-OH is 1. The molecule has 0 aliphatic carbocycles. The Labute approximate surface area is 121 Å². The molecular formula is C18H23NO. The van der Waals surface area contributed by atoms with Crippen LogP contribution < -0.4 is 0 Å². The lowest BCUT2D eigenvalue weighted by Crippen LogP contribution is -2.26. The van der Waals surface area contributed by atoms with Gasteiger partial charge in [0.2, 0.25) is 0 Å². The highest BCUT2D eigenvalue weighted by atomic mass is 16.3. The number of rotatable bonds is 6. The van der Waals surface area contributed by atoms with Crippen molar-refractivity contribution in [3.63, 3.8) is 0 Å². The molecule has 1 N–H and O–H groups in total. The molecule has 0 amide bonds. The first-order chi connectivity index (χ1) is 9.65. The van der Waals surface area contributed by atoms with Crippen molar-refractivity contribution in [2.45, 2.75) is 19.4 Å². The van der Waals surface area contributed by atoms with Crippen LogP contribution in [0.1, 0.15) is 22.8 Å². The summed E-state index contributed by atoms with van der Waals surface area (Å²) in [6.45, 7) is 3.67. The van der Waals surface area contributed by atoms with Crippen molar-refractivity contribution in [1.29, 1.82) is 0 Å². The van der Waals surface area contributed by atoms with E-state index in [9.17, 15) is 5.11 Å². The zero-order valence-corrected chi connectivity index (χ0v) is 12.3. The van der Waals surface area contributed by atoms with Gasteiger partial charge in [0, 0.05) is 13.1 Å². The van der Waals surface area contributed by atoms with Gasteiger partial charge in [0.1, 0.15) is 0 Å². The Bertz CT molecular complexity index is 507. The number of aliphatic hydroxyl groups is 1. The van der Waals surface area contributed by atoms with Crippen LogP contribution in [0.3, 0.4) is 0 Å². The third kappa shape index (κ3) is 4.48. The Hall–Kier alpha value is -1.64. The molecule has 0 saturated carbocycles. The van der Waals surface area contributed by atoms with Crippen LogP contribution in [0.2, 0.25) is 0 Å². The highest BCUT2D eigenvalue weighted by Crippen LogP contribution is 2.14. The summed E-state index contributed by atoms with van der Waals surface area (Å²) >= 11 is 0. The van der Waals surface area contributed by atoms with Crippen molar-refractivity contribution in [1.82, 2.24) is 4.90 Å². The number of aryl methyl sites for hydroxylation is 1. The van der Waals surface area contributed by atoms with E-state index < -0.39 is 6.10 Å². The Kier molecular flexibility index (Phi) is 5.33. The molecular weight excluding hydrogens is 246 g/mol. The maximum absolute atomic E-state index is 10.2. The standard InChI is InChI=1S/C18H23NO/c1-15-8-10-17(11-9-15)18(20)14-19(2)13-12-16-6-4-3-5-7-16/h3-11,18,20H,12-14H2,1-2H3/t18-/m0/s1. The molecule has 0 radical (unpaired) electrons. The van der Waals surface area contributed by atoms with Crippen LogP contribution in [0.25, 0.3) is 0 Å². The monoisotopic (exact) mass is 269 g/mol. The third-order valence-electron chi connectivity index (χ3n) is 3.57. The van der Waals surface area contributed by atoms with E-state index in [-0.39, 0.29) is 0 Å². The van der Waals surface area contributed by atoms with Crippen LogP contribution in [0.15, 0.2) is 54.6 Å². The second kappa shape index (κ2) is 7.22. The Morgan fingerprint density at radius 3 is 2.30 bits per heavy atom. The van der Waals surface area contributed by atoms with Crippen molar-refractivity contribution in [2.24, 2.45) is 0 Å². The second-order valence-corrected chi connectivity index (χ2v) is 5.42. The molecule has 0 aliphatic heterocycles. The molecule has 2 rings (SSSR count). The van der Waals surface area contributed by atoms with E-state index in [0.717, 1.165) is 18.5 Å². The van der Waals surface area contributed by atoms with Gasteiger partial charge in [0.15, 0.2) is 0 Å². The lowest BCUT2D eigenvalue weighted by atomic mass is 10.1. The molecule has 0 aliphatic rings. The molecule has 1 atom stereocenters. The van der Waals surface area contributed by atoms with Gasteiger partial charge < -0.3 is 10.0 Å². The zero-order chi connectivity index (χ0) is 14.4. The fourth-order valence-electron chi connectivity index (χ4n) is 2.25. The average molecular weight is 269 g/mol. The Morgan fingerprint density at radius 1 is 1.00 bits per heavy atom. The van der Waals surface area contributed by atoms with Gasteiger partial charge in [-0.3, -0.25) is 0 Å². The Balaban J connectivity index is 1.82. The average Bonchev–Trinajstić information content (AvgIpc) is 2.47. The van der Waals surface area contributed by atoms with Gasteiger partial charge in [0.25, 0.3) is 0 Å². The molecule has 0 unspecified atom stereocenters. The van der Waals surface area contributed by atoms with Crippen molar-refractivity contribution >= 4 is 0 Å². The molecule has 0 bridgehead atoms. The van der Waals surface area contributed by atoms with Gasteiger partial charge in [-0.05, 0) is 31.5 Å². The molecule has 20 heavy (non-hydrogen) atoms. The van der Waals surface area contributed by atoms with E-state index in [1.165, 1.54) is 11.1 Å². The number of benzene rings is 2. The van der Waals surface area contributed by atoms with Crippen molar-refractivity contribution in [3.05, 3.63) is 71.3 Å². The summed E-state index contributed by atoms with van der Waals surface area (Å²) in [5.74, 6) is 0. The smallest absolute Gasteiger partial charge is 0.0916 e. The van der Waals surface area contributed by atoms with Gasteiger partial charge >= 0.3 is 0 Å². The maximum Gasteiger partial charge on any atom is 0.0916 e. The summed E-state index contributed by atoms with van der Waals surface area (Å²) < 4.78 is 0. The molecule has 106 valence electrons. The molecule has 0 aromatic heterocycles. The lowest BCUT2D eigenvalue weighted by molar-refractivity contribution is 0.127. The van der Waals surface area contributed by atoms with Gasteiger partial charge in [-0.2, -0.15) is 0 Å². The van der Waals surface area contributed by atoms with Gasteiger partial charge in [-0.1, -0.05) is 60.2 Å². The summed E-state index contributed by atoms with van der Waals surface area (Å²) in [4.78, 5) is 2.18. The zero-order valence-electron chi connectivity index (χ0n) is 12.3. The molecule has 0 heterocycles. The normalized spacial score (nSPS) is 12.6. The summed E-state index contributed by atoms with van der Waals surface area (Å²) in [6.07, 6.45) is 0.592. The third-order valence-corrected chi connectivity index (χ3v) is 3.57. The fourth-order valence-corrected chi connectivity index (χ4v) is 2.25. The van der Waals surface area contributed by atoms with E-state index in [1.54, 1.807) is 0 Å².